The number of carboxylic acids is 1. The molecule has 6 heteroatoms. The molecule has 0 spiro atoms. The van der Waals surface area contributed by atoms with Gasteiger partial charge in [-0.3, -0.25) is 4.79 Å². The Hall–Kier alpha value is -5.10. The summed E-state index contributed by atoms with van der Waals surface area (Å²) in [5.74, 6) is -0.223. The van der Waals surface area contributed by atoms with E-state index >= 15 is 0 Å². The highest BCUT2D eigenvalue weighted by atomic mass is 16.5. The van der Waals surface area contributed by atoms with Crippen LogP contribution in [0.4, 0.5) is 0 Å². The molecule has 0 aliphatic heterocycles. The molecule has 5 aromatic rings. The van der Waals surface area contributed by atoms with Crippen LogP contribution in [0, 0.1) is 0 Å². The predicted molar refractivity (Wildman–Crippen MR) is 159 cm³/mol. The molecular formula is C35H31NO5. The number of rotatable bonds is 12. The zero-order chi connectivity index (χ0) is 28.4. The topological polar surface area (TPSA) is 84.9 Å². The van der Waals surface area contributed by atoms with E-state index in [1.54, 1.807) is 36.4 Å². The van der Waals surface area contributed by atoms with Gasteiger partial charge < -0.3 is 19.9 Å². The molecule has 5 aromatic carbocycles. The average molecular weight is 546 g/mol. The molecule has 41 heavy (non-hydrogen) atoms. The first-order valence-corrected chi connectivity index (χ1v) is 13.5. The van der Waals surface area contributed by atoms with Crippen LogP contribution in [0.1, 0.15) is 27.0 Å². The molecule has 0 fully saturated rings. The van der Waals surface area contributed by atoms with E-state index in [0.29, 0.717) is 30.3 Å². The van der Waals surface area contributed by atoms with Crippen molar-refractivity contribution in [2.24, 2.45) is 0 Å². The van der Waals surface area contributed by atoms with E-state index in [1.165, 1.54) is 16.3 Å². The van der Waals surface area contributed by atoms with E-state index in [9.17, 15) is 14.7 Å². The summed E-state index contributed by atoms with van der Waals surface area (Å²) < 4.78 is 11.7. The Labute approximate surface area is 239 Å². The number of nitrogens with one attached hydrogen (secondary N) is 1. The molecule has 0 aliphatic rings. The number of benzene rings is 5. The summed E-state index contributed by atoms with van der Waals surface area (Å²) in [7, 11) is 0. The number of fused-ring (bicyclic) bond motifs is 1. The largest absolute Gasteiger partial charge is 0.493 e. The monoisotopic (exact) mass is 545 g/mol. The van der Waals surface area contributed by atoms with Gasteiger partial charge in [-0.25, -0.2) is 4.79 Å². The first-order valence-electron chi connectivity index (χ1n) is 13.5. The lowest BCUT2D eigenvalue weighted by Crippen LogP contribution is -2.42. The summed E-state index contributed by atoms with van der Waals surface area (Å²) in [6, 6.07) is 37.3. The Morgan fingerprint density at radius 3 is 2.02 bits per heavy atom. The minimum absolute atomic E-state index is 0.149. The van der Waals surface area contributed by atoms with Crippen LogP contribution in [0.25, 0.3) is 10.8 Å². The molecule has 0 heterocycles. The quantitative estimate of drug-likeness (QED) is 0.188. The van der Waals surface area contributed by atoms with Crippen LogP contribution in [0.15, 0.2) is 121 Å². The summed E-state index contributed by atoms with van der Waals surface area (Å²) in [6.07, 6.45) is 0.906. The first kappa shape index (κ1) is 27.5. The molecule has 0 aliphatic carbocycles. The molecule has 206 valence electrons. The number of hydrogen-bond acceptors (Lipinski definition) is 4. The van der Waals surface area contributed by atoms with E-state index in [-0.39, 0.29) is 6.42 Å². The van der Waals surface area contributed by atoms with Gasteiger partial charge in [0, 0.05) is 18.4 Å². The van der Waals surface area contributed by atoms with E-state index in [4.69, 9.17) is 9.47 Å². The highest BCUT2D eigenvalue weighted by Gasteiger charge is 2.21. The second-order valence-corrected chi connectivity index (χ2v) is 9.79. The van der Waals surface area contributed by atoms with Crippen molar-refractivity contribution in [1.82, 2.24) is 5.32 Å². The number of amides is 1. The Morgan fingerprint density at radius 1 is 0.659 bits per heavy atom. The van der Waals surface area contributed by atoms with Gasteiger partial charge in [0.25, 0.3) is 5.91 Å². The van der Waals surface area contributed by atoms with E-state index in [1.807, 2.05) is 54.6 Å². The zero-order valence-corrected chi connectivity index (χ0v) is 22.5. The summed E-state index contributed by atoms with van der Waals surface area (Å²) in [4.78, 5) is 24.7. The van der Waals surface area contributed by atoms with E-state index in [2.05, 4.69) is 35.6 Å². The smallest absolute Gasteiger partial charge is 0.326 e. The number of carbonyl (C=O) groups excluding carboxylic acids is 1. The summed E-state index contributed by atoms with van der Waals surface area (Å²) in [5.41, 5.74) is 3.39. The Bertz CT molecular complexity index is 1600. The van der Waals surface area contributed by atoms with Gasteiger partial charge in [-0.15, -0.1) is 0 Å². The van der Waals surface area contributed by atoms with Gasteiger partial charge >= 0.3 is 5.97 Å². The van der Waals surface area contributed by atoms with Crippen LogP contribution in [-0.4, -0.2) is 29.6 Å². The van der Waals surface area contributed by atoms with Gasteiger partial charge in [-0.2, -0.15) is 0 Å². The van der Waals surface area contributed by atoms with Crippen molar-refractivity contribution in [2.75, 3.05) is 6.61 Å². The van der Waals surface area contributed by atoms with Gasteiger partial charge in [0.2, 0.25) is 0 Å². The van der Waals surface area contributed by atoms with Gasteiger partial charge in [0.15, 0.2) is 0 Å². The maximum absolute atomic E-state index is 12.8. The Morgan fingerprint density at radius 2 is 1.29 bits per heavy atom. The van der Waals surface area contributed by atoms with Gasteiger partial charge in [0.1, 0.15) is 24.1 Å². The lowest BCUT2D eigenvalue weighted by Gasteiger charge is -2.15. The van der Waals surface area contributed by atoms with Crippen LogP contribution in [0.5, 0.6) is 11.5 Å². The van der Waals surface area contributed by atoms with Gasteiger partial charge in [-0.05, 0) is 63.9 Å². The maximum atomic E-state index is 12.8. The van der Waals surface area contributed by atoms with Gasteiger partial charge in [-0.1, -0.05) is 84.9 Å². The van der Waals surface area contributed by atoms with Crippen LogP contribution in [-0.2, 0) is 24.2 Å². The molecule has 1 unspecified atom stereocenters. The highest BCUT2D eigenvalue weighted by Crippen LogP contribution is 2.18. The maximum Gasteiger partial charge on any atom is 0.326 e. The highest BCUT2D eigenvalue weighted by molar-refractivity contribution is 5.96. The molecule has 0 aromatic heterocycles. The number of hydrogen-bond donors (Lipinski definition) is 2. The third-order valence-corrected chi connectivity index (χ3v) is 6.80. The fourth-order valence-electron chi connectivity index (χ4n) is 4.52. The van der Waals surface area contributed by atoms with E-state index < -0.39 is 17.9 Å². The van der Waals surface area contributed by atoms with Crippen LogP contribution >= 0.6 is 0 Å². The lowest BCUT2D eigenvalue weighted by atomic mass is 10.1. The Balaban J connectivity index is 1.11. The molecule has 0 radical (unpaired) electrons. The summed E-state index contributed by atoms with van der Waals surface area (Å²) >= 11 is 0. The van der Waals surface area contributed by atoms with Gasteiger partial charge in [0.05, 0.1) is 6.61 Å². The lowest BCUT2D eigenvalue weighted by molar-refractivity contribution is -0.139. The first-order chi connectivity index (χ1) is 20.0. The normalized spacial score (nSPS) is 11.5. The molecule has 0 bridgehead atoms. The van der Waals surface area contributed by atoms with Crippen molar-refractivity contribution in [3.63, 3.8) is 0 Å². The standard InChI is InChI=1S/C35H31NO5/c37-34(29-14-18-31(19-15-29)40-21-20-26-10-13-28-8-4-5-9-30(28)22-26)36-33(35(38)39)23-25-11-16-32(17-12-25)41-24-27-6-2-1-3-7-27/h1-19,22,33H,20-21,23-24H2,(H,36,37)(H,38,39). The summed E-state index contributed by atoms with van der Waals surface area (Å²) in [5, 5.41) is 14.8. The molecule has 1 amide bonds. The average Bonchev–Trinajstić information content (AvgIpc) is 3.01. The molecule has 5 rings (SSSR count). The minimum atomic E-state index is -1.10. The molecule has 2 N–H and O–H groups in total. The molecule has 0 saturated carbocycles. The number of aliphatic carboxylic acids is 1. The SMILES string of the molecule is O=C(NC(Cc1ccc(OCc2ccccc2)cc1)C(=O)O)c1ccc(OCCc2ccc3ccccc3c2)cc1. The fraction of sp³-hybridized carbons (Fsp3) is 0.143. The van der Waals surface area contributed by atoms with Crippen molar-refractivity contribution < 1.29 is 24.2 Å². The molecule has 6 nitrogen and oxygen atoms in total. The second kappa shape index (κ2) is 13.3. The third-order valence-electron chi connectivity index (χ3n) is 6.80. The molecular weight excluding hydrogens is 514 g/mol. The van der Waals surface area contributed by atoms with Crippen molar-refractivity contribution >= 4 is 22.6 Å². The number of ether oxygens (including phenoxy) is 2. The van der Waals surface area contributed by atoms with Crippen molar-refractivity contribution in [1.29, 1.82) is 0 Å². The van der Waals surface area contributed by atoms with E-state index in [0.717, 1.165) is 17.5 Å². The third kappa shape index (κ3) is 7.73. The fourth-order valence-corrected chi connectivity index (χ4v) is 4.52. The zero-order valence-electron chi connectivity index (χ0n) is 22.5. The molecule has 1 atom stereocenters. The molecule has 0 saturated heterocycles. The van der Waals surface area contributed by atoms with Crippen molar-refractivity contribution in [3.8, 4) is 11.5 Å². The van der Waals surface area contributed by atoms with Crippen molar-refractivity contribution in [2.45, 2.75) is 25.5 Å². The second-order valence-electron chi connectivity index (χ2n) is 9.79. The van der Waals surface area contributed by atoms with Crippen molar-refractivity contribution in [3.05, 3.63) is 144 Å². The minimum Gasteiger partial charge on any atom is -0.493 e. The number of carbonyl (C=O) groups is 2. The van der Waals surface area contributed by atoms with Crippen LogP contribution in [0.2, 0.25) is 0 Å². The predicted octanol–water partition coefficient (Wildman–Crippen LogP) is 6.47. The van der Waals surface area contributed by atoms with Crippen LogP contribution < -0.4 is 14.8 Å². The summed E-state index contributed by atoms with van der Waals surface area (Å²) in [6.45, 7) is 0.948. The van der Waals surface area contributed by atoms with Crippen LogP contribution in [0.3, 0.4) is 0 Å². The Kier molecular flexibility index (Phi) is 8.91. The number of carboxylic acid groups (broad SMARTS) is 1.